The van der Waals surface area contributed by atoms with Crippen LogP contribution in [0.4, 0.5) is 0 Å². The number of nitrogens with zero attached hydrogens (tertiary/aromatic N) is 4. The Kier molecular flexibility index (Phi) is 9.17. The first-order valence-electron chi connectivity index (χ1n) is 11.9. The van der Waals surface area contributed by atoms with E-state index in [0.717, 1.165) is 50.6 Å². The van der Waals surface area contributed by atoms with E-state index in [0.29, 0.717) is 12.5 Å². The van der Waals surface area contributed by atoms with E-state index >= 15 is 0 Å². The Labute approximate surface area is 214 Å². The molecule has 4 rings (SSSR count). The van der Waals surface area contributed by atoms with Crippen molar-refractivity contribution in [2.45, 2.75) is 65.1 Å². The van der Waals surface area contributed by atoms with Gasteiger partial charge in [-0.05, 0) is 38.7 Å². The third kappa shape index (κ3) is 6.28. The third-order valence-electron chi connectivity index (χ3n) is 6.91. The van der Waals surface area contributed by atoms with E-state index in [-0.39, 0.29) is 35.9 Å². The van der Waals surface area contributed by atoms with Gasteiger partial charge in [0.15, 0.2) is 5.96 Å². The van der Waals surface area contributed by atoms with E-state index in [2.05, 4.69) is 58.4 Å². The Morgan fingerprint density at radius 1 is 1.15 bits per heavy atom. The summed E-state index contributed by atoms with van der Waals surface area (Å²) in [5.74, 6) is 1.39. The number of rotatable bonds is 6. The number of benzene rings is 1. The number of hydrogen-bond acceptors (Lipinski definition) is 3. The SMILES string of the molecule is CN=C(NCc1c(C)nn(Cc2ccccc2)c1C)NC1CCN(C(=O)C2CCCC2)C1.I. The second-order valence-electron chi connectivity index (χ2n) is 9.11. The van der Waals surface area contributed by atoms with Crippen LogP contribution in [0.15, 0.2) is 35.3 Å². The van der Waals surface area contributed by atoms with E-state index < -0.39 is 0 Å². The van der Waals surface area contributed by atoms with Crippen LogP contribution in [-0.4, -0.2) is 52.7 Å². The van der Waals surface area contributed by atoms with Crippen molar-refractivity contribution in [3.8, 4) is 0 Å². The van der Waals surface area contributed by atoms with Gasteiger partial charge < -0.3 is 15.5 Å². The van der Waals surface area contributed by atoms with Crippen LogP contribution >= 0.6 is 24.0 Å². The number of amides is 1. The average Bonchev–Trinajstić information content (AvgIpc) is 3.54. The van der Waals surface area contributed by atoms with Crippen LogP contribution < -0.4 is 10.6 Å². The molecule has 2 aromatic rings. The molecule has 1 aliphatic carbocycles. The van der Waals surface area contributed by atoms with Crippen LogP contribution in [0.25, 0.3) is 0 Å². The van der Waals surface area contributed by atoms with Gasteiger partial charge in [0.25, 0.3) is 0 Å². The molecule has 1 saturated carbocycles. The molecule has 1 atom stereocenters. The van der Waals surface area contributed by atoms with Gasteiger partial charge >= 0.3 is 0 Å². The Morgan fingerprint density at radius 2 is 1.88 bits per heavy atom. The zero-order valence-corrected chi connectivity index (χ0v) is 22.3. The molecule has 180 valence electrons. The lowest BCUT2D eigenvalue weighted by molar-refractivity contribution is -0.134. The third-order valence-corrected chi connectivity index (χ3v) is 6.91. The zero-order chi connectivity index (χ0) is 22.5. The predicted molar refractivity (Wildman–Crippen MR) is 143 cm³/mol. The molecule has 1 aliphatic heterocycles. The molecule has 1 saturated heterocycles. The number of aliphatic imine (C=N–C) groups is 1. The fourth-order valence-corrected chi connectivity index (χ4v) is 4.97. The molecule has 0 radical (unpaired) electrons. The van der Waals surface area contributed by atoms with E-state index in [1.807, 2.05) is 11.0 Å². The number of carbonyl (C=O) groups is 1. The number of aryl methyl sites for hydroxylation is 1. The van der Waals surface area contributed by atoms with Crippen LogP contribution in [0, 0.1) is 19.8 Å². The maximum Gasteiger partial charge on any atom is 0.225 e. The first-order chi connectivity index (χ1) is 15.5. The minimum Gasteiger partial charge on any atom is -0.352 e. The minimum atomic E-state index is 0. The molecule has 7 nitrogen and oxygen atoms in total. The summed E-state index contributed by atoms with van der Waals surface area (Å²) in [6, 6.07) is 10.7. The number of nitrogens with one attached hydrogen (secondary N) is 2. The number of likely N-dealkylation sites (tertiary alicyclic amines) is 1. The summed E-state index contributed by atoms with van der Waals surface area (Å²) in [7, 11) is 1.80. The van der Waals surface area contributed by atoms with E-state index in [4.69, 9.17) is 5.10 Å². The molecule has 1 aromatic carbocycles. The summed E-state index contributed by atoms with van der Waals surface area (Å²) < 4.78 is 2.07. The van der Waals surface area contributed by atoms with Crippen LogP contribution in [0.5, 0.6) is 0 Å². The number of carbonyl (C=O) groups excluding carboxylic acids is 1. The maximum atomic E-state index is 12.7. The Balaban J connectivity index is 0.00000306. The number of hydrogen-bond donors (Lipinski definition) is 2. The minimum absolute atomic E-state index is 0. The summed E-state index contributed by atoms with van der Waals surface area (Å²) in [5.41, 5.74) is 4.65. The van der Waals surface area contributed by atoms with Gasteiger partial charge in [-0.3, -0.25) is 14.5 Å². The monoisotopic (exact) mass is 564 g/mol. The van der Waals surface area contributed by atoms with Gasteiger partial charge in [-0.2, -0.15) is 5.10 Å². The van der Waals surface area contributed by atoms with Crippen LogP contribution in [0.1, 0.15) is 54.6 Å². The first kappa shape index (κ1) is 25.5. The van der Waals surface area contributed by atoms with E-state index in [1.165, 1.54) is 29.7 Å². The van der Waals surface area contributed by atoms with Crippen LogP contribution in [-0.2, 0) is 17.9 Å². The van der Waals surface area contributed by atoms with Crippen molar-refractivity contribution < 1.29 is 4.79 Å². The molecule has 33 heavy (non-hydrogen) atoms. The number of aromatic nitrogens is 2. The number of guanidine groups is 1. The van der Waals surface area contributed by atoms with Crippen molar-refractivity contribution in [3.05, 3.63) is 52.8 Å². The number of halogens is 1. The zero-order valence-electron chi connectivity index (χ0n) is 20.0. The van der Waals surface area contributed by atoms with Gasteiger partial charge in [-0.15, -0.1) is 24.0 Å². The van der Waals surface area contributed by atoms with E-state index in [9.17, 15) is 4.79 Å². The lowest BCUT2D eigenvalue weighted by atomic mass is 10.1. The lowest BCUT2D eigenvalue weighted by Crippen LogP contribution is -2.45. The van der Waals surface area contributed by atoms with Crippen molar-refractivity contribution >= 4 is 35.8 Å². The Hall–Kier alpha value is -2.10. The van der Waals surface area contributed by atoms with Gasteiger partial charge in [0.2, 0.25) is 5.91 Å². The largest absolute Gasteiger partial charge is 0.352 e. The molecule has 0 spiro atoms. The van der Waals surface area contributed by atoms with Crippen LogP contribution in [0.3, 0.4) is 0 Å². The van der Waals surface area contributed by atoms with Gasteiger partial charge in [-0.25, -0.2) is 0 Å². The molecular weight excluding hydrogens is 527 g/mol. The highest BCUT2D eigenvalue weighted by Crippen LogP contribution is 2.27. The molecular formula is C25H37IN6O. The molecule has 8 heteroatoms. The fraction of sp³-hybridized carbons (Fsp3) is 0.560. The summed E-state index contributed by atoms with van der Waals surface area (Å²) in [4.78, 5) is 19.2. The molecule has 1 amide bonds. The summed E-state index contributed by atoms with van der Waals surface area (Å²) >= 11 is 0. The molecule has 2 heterocycles. The van der Waals surface area contributed by atoms with Crippen molar-refractivity contribution in [3.63, 3.8) is 0 Å². The van der Waals surface area contributed by atoms with Gasteiger partial charge in [0.1, 0.15) is 0 Å². The summed E-state index contributed by atoms with van der Waals surface area (Å²) in [6.45, 7) is 7.24. The maximum absolute atomic E-state index is 12.7. The quantitative estimate of drug-likeness (QED) is 0.320. The highest BCUT2D eigenvalue weighted by molar-refractivity contribution is 14.0. The average molecular weight is 565 g/mol. The van der Waals surface area contributed by atoms with Crippen molar-refractivity contribution in [1.82, 2.24) is 25.3 Å². The molecule has 1 aromatic heterocycles. The van der Waals surface area contributed by atoms with Crippen molar-refractivity contribution in [2.24, 2.45) is 10.9 Å². The Morgan fingerprint density at radius 3 is 2.58 bits per heavy atom. The van der Waals surface area contributed by atoms with Gasteiger partial charge in [-0.1, -0.05) is 43.2 Å². The topological polar surface area (TPSA) is 74.6 Å². The normalized spacial score (nSPS) is 18.9. The molecule has 2 N–H and O–H groups in total. The second kappa shape index (κ2) is 11.9. The highest BCUT2D eigenvalue weighted by Gasteiger charge is 2.32. The van der Waals surface area contributed by atoms with Crippen molar-refractivity contribution in [2.75, 3.05) is 20.1 Å². The summed E-state index contributed by atoms with van der Waals surface area (Å²) in [6.07, 6.45) is 5.49. The molecule has 0 bridgehead atoms. The standard InChI is InChI=1S/C25H36N6O.HI/c1-18-23(19(2)31(29-18)16-20-9-5-4-6-10-20)15-27-25(26-3)28-22-13-14-30(17-22)24(32)21-11-7-8-12-21;/h4-6,9-10,21-22H,7-8,11-17H2,1-3H3,(H2,26,27,28);1H. The predicted octanol–water partition coefficient (Wildman–Crippen LogP) is 3.62. The Bertz CT molecular complexity index is 951. The smallest absolute Gasteiger partial charge is 0.225 e. The van der Waals surface area contributed by atoms with Gasteiger partial charge in [0.05, 0.1) is 12.2 Å². The first-order valence-corrected chi connectivity index (χ1v) is 11.9. The second-order valence-corrected chi connectivity index (χ2v) is 9.11. The van der Waals surface area contributed by atoms with Gasteiger partial charge in [0, 0.05) is 49.9 Å². The summed E-state index contributed by atoms with van der Waals surface area (Å²) in [5, 5.41) is 11.7. The highest BCUT2D eigenvalue weighted by atomic mass is 127. The molecule has 2 fully saturated rings. The van der Waals surface area contributed by atoms with E-state index in [1.54, 1.807) is 7.05 Å². The fourth-order valence-electron chi connectivity index (χ4n) is 4.97. The molecule has 2 aliphatic rings. The van der Waals surface area contributed by atoms with Crippen LogP contribution in [0.2, 0.25) is 0 Å². The lowest BCUT2D eigenvalue weighted by Gasteiger charge is -2.21. The molecule has 1 unspecified atom stereocenters. The van der Waals surface area contributed by atoms with Crippen molar-refractivity contribution in [1.29, 1.82) is 0 Å².